The summed E-state index contributed by atoms with van der Waals surface area (Å²) in [5, 5.41) is 2.77. The maximum atomic E-state index is 11.5. The number of benzene rings is 1. The molecule has 1 aromatic rings. The Labute approximate surface area is 113 Å². The molecular weight excluding hydrogens is 266 g/mol. The van der Waals surface area contributed by atoms with E-state index in [0.29, 0.717) is 5.75 Å². The van der Waals surface area contributed by atoms with Crippen LogP contribution in [0.5, 0.6) is 5.75 Å². The zero-order valence-corrected chi connectivity index (χ0v) is 12.4. The van der Waals surface area contributed by atoms with Gasteiger partial charge >= 0.3 is 0 Å². The summed E-state index contributed by atoms with van der Waals surface area (Å²) in [6.45, 7) is 5.54. The maximum Gasteiger partial charge on any atom is 0.258 e. The number of nitrogens with one attached hydrogen (secondary N) is 1. The van der Waals surface area contributed by atoms with Gasteiger partial charge in [0.15, 0.2) is 16.4 Å². The van der Waals surface area contributed by atoms with E-state index in [2.05, 4.69) is 5.32 Å². The third-order valence-corrected chi connectivity index (χ3v) is 3.26. The van der Waals surface area contributed by atoms with Gasteiger partial charge in [-0.2, -0.15) is 0 Å². The highest BCUT2D eigenvalue weighted by molar-refractivity contribution is 7.90. The van der Waals surface area contributed by atoms with Crippen LogP contribution in [0.25, 0.3) is 0 Å². The zero-order chi connectivity index (χ0) is 14.7. The molecule has 0 saturated heterocycles. The van der Waals surface area contributed by atoms with Crippen LogP contribution >= 0.6 is 0 Å². The minimum absolute atomic E-state index is 0.102. The SMILES string of the molecule is CC(C)(C)NC(=O)COc1ccc(S(C)(=O)=O)cc1. The Hall–Kier alpha value is -1.56. The van der Waals surface area contributed by atoms with Crippen LogP contribution in [-0.4, -0.2) is 32.7 Å². The summed E-state index contributed by atoms with van der Waals surface area (Å²) in [4.78, 5) is 11.7. The number of rotatable bonds is 4. The second kappa shape index (κ2) is 5.61. The third-order valence-electron chi connectivity index (χ3n) is 2.14. The fourth-order valence-corrected chi connectivity index (χ4v) is 2.02. The van der Waals surface area contributed by atoms with Gasteiger partial charge in [0.05, 0.1) is 4.90 Å². The number of carbonyl (C=O) groups is 1. The van der Waals surface area contributed by atoms with E-state index in [1.807, 2.05) is 20.8 Å². The van der Waals surface area contributed by atoms with Crippen LogP contribution in [0.1, 0.15) is 20.8 Å². The van der Waals surface area contributed by atoms with Crippen LogP contribution in [0.3, 0.4) is 0 Å². The van der Waals surface area contributed by atoms with Gasteiger partial charge in [-0.05, 0) is 45.0 Å². The van der Waals surface area contributed by atoms with Crippen molar-refractivity contribution in [3.05, 3.63) is 24.3 Å². The van der Waals surface area contributed by atoms with Crippen molar-refractivity contribution in [1.82, 2.24) is 5.32 Å². The molecule has 0 radical (unpaired) electrons. The van der Waals surface area contributed by atoms with Crippen LogP contribution in [0.2, 0.25) is 0 Å². The molecule has 1 amide bonds. The molecule has 0 aromatic heterocycles. The Balaban J connectivity index is 2.58. The number of carbonyl (C=O) groups excluding carboxylic acids is 1. The number of hydrogen-bond donors (Lipinski definition) is 1. The average molecular weight is 285 g/mol. The molecule has 0 aliphatic carbocycles. The van der Waals surface area contributed by atoms with Crippen molar-refractivity contribution in [2.45, 2.75) is 31.2 Å². The second-order valence-electron chi connectivity index (χ2n) is 5.33. The fraction of sp³-hybridized carbons (Fsp3) is 0.462. The minimum atomic E-state index is -3.21. The first kappa shape index (κ1) is 15.5. The summed E-state index contributed by atoms with van der Waals surface area (Å²) >= 11 is 0. The van der Waals surface area contributed by atoms with Crippen molar-refractivity contribution in [2.24, 2.45) is 0 Å². The molecule has 0 unspecified atom stereocenters. The molecule has 0 aliphatic rings. The molecular formula is C13H19NO4S. The van der Waals surface area contributed by atoms with Gasteiger partial charge in [-0.1, -0.05) is 0 Å². The lowest BCUT2D eigenvalue weighted by molar-refractivity contribution is -0.124. The van der Waals surface area contributed by atoms with Crippen molar-refractivity contribution in [3.8, 4) is 5.75 Å². The Morgan fingerprint density at radius 2 is 1.74 bits per heavy atom. The highest BCUT2D eigenvalue weighted by Crippen LogP contribution is 2.15. The molecule has 0 aliphatic heterocycles. The number of ether oxygens (including phenoxy) is 1. The summed E-state index contributed by atoms with van der Waals surface area (Å²) in [6.07, 6.45) is 1.14. The molecule has 1 aromatic carbocycles. The lowest BCUT2D eigenvalue weighted by Crippen LogP contribution is -2.43. The molecule has 0 spiro atoms. The predicted molar refractivity (Wildman–Crippen MR) is 72.9 cm³/mol. The molecule has 0 heterocycles. The highest BCUT2D eigenvalue weighted by atomic mass is 32.2. The second-order valence-corrected chi connectivity index (χ2v) is 7.35. The monoisotopic (exact) mass is 285 g/mol. The van der Waals surface area contributed by atoms with Crippen molar-refractivity contribution in [3.63, 3.8) is 0 Å². The Morgan fingerprint density at radius 3 is 2.16 bits per heavy atom. The van der Waals surface area contributed by atoms with E-state index in [-0.39, 0.29) is 22.9 Å². The van der Waals surface area contributed by atoms with Crippen molar-refractivity contribution in [1.29, 1.82) is 0 Å². The Kier molecular flexibility index (Phi) is 4.57. The first-order valence-corrected chi connectivity index (χ1v) is 7.71. The topological polar surface area (TPSA) is 72.5 Å². The van der Waals surface area contributed by atoms with Gasteiger partial charge in [0.2, 0.25) is 0 Å². The van der Waals surface area contributed by atoms with Crippen molar-refractivity contribution < 1.29 is 17.9 Å². The van der Waals surface area contributed by atoms with E-state index in [4.69, 9.17) is 4.74 Å². The molecule has 0 fully saturated rings. The molecule has 1 rings (SSSR count). The van der Waals surface area contributed by atoms with Crippen LogP contribution in [0.15, 0.2) is 29.2 Å². The first-order valence-electron chi connectivity index (χ1n) is 5.82. The molecule has 5 nitrogen and oxygen atoms in total. The van der Waals surface area contributed by atoms with Gasteiger partial charge in [0, 0.05) is 11.8 Å². The largest absolute Gasteiger partial charge is 0.484 e. The molecule has 1 N–H and O–H groups in total. The van der Waals surface area contributed by atoms with Gasteiger partial charge < -0.3 is 10.1 Å². The predicted octanol–water partition coefficient (Wildman–Crippen LogP) is 1.38. The lowest BCUT2D eigenvalue weighted by Gasteiger charge is -2.20. The first-order chi connectivity index (χ1) is 8.58. The summed E-state index contributed by atoms with van der Waals surface area (Å²) in [5.41, 5.74) is -0.305. The van der Waals surface area contributed by atoms with E-state index < -0.39 is 9.84 Å². The van der Waals surface area contributed by atoms with Crippen LogP contribution in [-0.2, 0) is 14.6 Å². The fourth-order valence-electron chi connectivity index (χ4n) is 1.39. The smallest absolute Gasteiger partial charge is 0.258 e. The van der Waals surface area contributed by atoms with Gasteiger partial charge in [-0.15, -0.1) is 0 Å². The number of hydrogen-bond acceptors (Lipinski definition) is 4. The summed E-state index contributed by atoms with van der Waals surface area (Å²) in [7, 11) is -3.21. The van der Waals surface area contributed by atoms with E-state index >= 15 is 0 Å². The summed E-state index contributed by atoms with van der Waals surface area (Å²) in [5.74, 6) is 0.233. The van der Waals surface area contributed by atoms with Gasteiger partial charge in [-0.3, -0.25) is 4.79 Å². The average Bonchev–Trinajstić information content (AvgIpc) is 2.23. The van der Waals surface area contributed by atoms with E-state index in [0.717, 1.165) is 6.26 Å². The van der Waals surface area contributed by atoms with E-state index in [9.17, 15) is 13.2 Å². The van der Waals surface area contributed by atoms with Gasteiger partial charge in [-0.25, -0.2) is 8.42 Å². The van der Waals surface area contributed by atoms with Crippen molar-refractivity contribution >= 4 is 15.7 Å². The number of sulfone groups is 1. The van der Waals surface area contributed by atoms with Crippen LogP contribution < -0.4 is 10.1 Å². The van der Waals surface area contributed by atoms with Crippen LogP contribution in [0, 0.1) is 0 Å². The molecule has 106 valence electrons. The van der Waals surface area contributed by atoms with E-state index in [1.54, 1.807) is 0 Å². The van der Waals surface area contributed by atoms with Crippen LogP contribution in [0.4, 0.5) is 0 Å². The summed E-state index contributed by atoms with van der Waals surface area (Å²) < 4.78 is 27.8. The Morgan fingerprint density at radius 1 is 1.21 bits per heavy atom. The molecule has 19 heavy (non-hydrogen) atoms. The third kappa shape index (κ3) is 5.74. The highest BCUT2D eigenvalue weighted by Gasteiger charge is 2.14. The maximum absolute atomic E-state index is 11.5. The zero-order valence-electron chi connectivity index (χ0n) is 11.6. The van der Waals surface area contributed by atoms with E-state index in [1.165, 1.54) is 24.3 Å². The standard InChI is InChI=1S/C13H19NO4S/c1-13(2,3)14-12(15)9-18-10-5-7-11(8-6-10)19(4,16)17/h5-8H,9H2,1-4H3,(H,14,15). The molecule has 6 heteroatoms. The Bertz CT molecular complexity index is 541. The molecule has 0 saturated carbocycles. The van der Waals surface area contributed by atoms with Gasteiger partial charge in [0.25, 0.3) is 5.91 Å². The lowest BCUT2D eigenvalue weighted by atomic mass is 10.1. The minimum Gasteiger partial charge on any atom is -0.484 e. The normalized spacial score (nSPS) is 12.0. The molecule has 0 atom stereocenters. The summed E-state index contributed by atoms with van der Waals surface area (Å²) in [6, 6.07) is 5.96. The number of amides is 1. The van der Waals surface area contributed by atoms with Gasteiger partial charge in [0.1, 0.15) is 5.75 Å². The molecule has 0 bridgehead atoms. The van der Waals surface area contributed by atoms with Crippen molar-refractivity contribution in [2.75, 3.05) is 12.9 Å². The quantitative estimate of drug-likeness (QED) is 0.907.